The molecule has 0 radical (unpaired) electrons. The Labute approximate surface area is 119 Å². The first-order valence-corrected chi connectivity index (χ1v) is 5.90. The molecule has 2 aromatic carbocycles. The van der Waals surface area contributed by atoms with Crippen molar-refractivity contribution < 1.29 is 18.3 Å². The van der Waals surface area contributed by atoms with Crippen molar-refractivity contribution in [1.29, 1.82) is 5.26 Å². The van der Waals surface area contributed by atoms with Gasteiger partial charge in [-0.05, 0) is 24.3 Å². The number of para-hydroxylation sites is 1. The van der Waals surface area contributed by atoms with Crippen molar-refractivity contribution in [3.8, 4) is 11.8 Å². The Balaban J connectivity index is 2.38. The molecule has 0 fully saturated rings. The highest BCUT2D eigenvalue weighted by molar-refractivity contribution is 6.06. The molecule has 0 aromatic heterocycles. The maximum absolute atomic E-state index is 13.6. The van der Waals surface area contributed by atoms with Crippen molar-refractivity contribution >= 4 is 11.6 Å². The van der Waals surface area contributed by atoms with Crippen molar-refractivity contribution in [2.45, 2.75) is 0 Å². The summed E-state index contributed by atoms with van der Waals surface area (Å²) in [7, 11) is 1.38. The number of nitriles is 1. The molecule has 0 saturated heterocycles. The highest BCUT2D eigenvalue weighted by atomic mass is 19.1. The van der Waals surface area contributed by atoms with E-state index in [9.17, 15) is 13.6 Å². The van der Waals surface area contributed by atoms with Crippen molar-refractivity contribution in [1.82, 2.24) is 0 Å². The van der Waals surface area contributed by atoms with Gasteiger partial charge in [0.15, 0.2) is 0 Å². The molecule has 6 heteroatoms. The first-order valence-electron chi connectivity index (χ1n) is 5.90. The third-order valence-corrected chi connectivity index (χ3v) is 2.78. The van der Waals surface area contributed by atoms with Gasteiger partial charge in [0, 0.05) is 6.07 Å². The fraction of sp³-hybridized carbons (Fsp3) is 0.0667. The molecule has 0 saturated carbocycles. The molecule has 0 heterocycles. The smallest absolute Gasteiger partial charge is 0.258 e. The summed E-state index contributed by atoms with van der Waals surface area (Å²) >= 11 is 0. The van der Waals surface area contributed by atoms with Crippen molar-refractivity contribution in [2.75, 3.05) is 12.4 Å². The summed E-state index contributed by atoms with van der Waals surface area (Å²) < 4.78 is 31.5. The minimum atomic E-state index is -0.985. The molecule has 0 unspecified atom stereocenters. The highest BCUT2D eigenvalue weighted by Crippen LogP contribution is 2.28. The van der Waals surface area contributed by atoms with E-state index in [0.717, 1.165) is 12.1 Å². The largest absolute Gasteiger partial charge is 0.495 e. The molecular formula is C15H10F2N2O2. The van der Waals surface area contributed by atoms with Crippen LogP contribution in [0, 0.1) is 23.0 Å². The molecule has 0 aliphatic carbocycles. The predicted octanol–water partition coefficient (Wildman–Crippen LogP) is 3.10. The number of halogens is 2. The zero-order valence-electron chi connectivity index (χ0n) is 11.0. The molecule has 2 aromatic rings. The highest BCUT2D eigenvalue weighted by Gasteiger charge is 2.17. The third kappa shape index (κ3) is 2.98. The van der Waals surface area contributed by atoms with Gasteiger partial charge in [0.2, 0.25) is 0 Å². The maximum Gasteiger partial charge on any atom is 0.258 e. The molecule has 0 aliphatic heterocycles. The quantitative estimate of drug-likeness (QED) is 0.944. The molecular weight excluding hydrogens is 278 g/mol. The zero-order chi connectivity index (χ0) is 15.4. The van der Waals surface area contributed by atoms with Gasteiger partial charge in [-0.15, -0.1) is 0 Å². The van der Waals surface area contributed by atoms with Gasteiger partial charge < -0.3 is 10.1 Å². The van der Waals surface area contributed by atoms with E-state index in [2.05, 4.69) is 5.32 Å². The number of nitrogens with zero attached hydrogens (tertiary/aromatic N) is 1. The standard InChI is InChI=1S/C15H10F2N2O2/c1-21-13-4-2-3-9(8-18)14(13)19-15(20)11-6-5-10(16)7-12(11)17/h2-7H,1H3,(H,19,20). The lowest BCUT2D eigenvalue weighted by molar-refractivity contribution is 0.102. The van der Waals surface area contributed by atoms with Gasteiger partial charge in [0.05, 0.1) is 18.2 Å². The van der Waals surface area contributed by atoms with Gasteiger partial charge in [0.25, 0.3) is 5.91 Å². The minimum absolute atomic E-state index is 0.135. The number of rotatable bonds is 3. The predicted molar refractivity (Wildman–Crippen MR) is 72.0 cm³/mol. The summed E-state index contributed by atoms with van der Waals surface area (Å²) in [6.45, 7) is 0. The van der Waals surface area contributed by atoms with Crippen LogP contribution in [0.25, 0.3) is 0 Å². The summed E-state index contributed by atoms with van der Waals surface area (Å²) in [4.78, 5) is 12.0. The number of methoxy groups -OCH3 is 1. The molecule has 0 atom stereocenters. The van der Waals surface area contributed by atoms with Crippen LogP contribution in [-0.4, -0.2) is 13.0 Å². The zero-order valence-corrected chi connectivity index (χ0v) is 11.0. The number of anilines is 1. The van der Waals surface area contributed by atoms with Crippen LogP contribution in [0.1, 0.15) is 15.9 Å². The maximum atomic E-state index is 13.6. The van der Waals surface area contributed by atoms with Gasteiger partial charge in [0.1, 0.15) is 29.1 Å². The van der Waals surface area contributed by atoms with Crippen LogP contribution in [0.15, 0.2) is 36.4 Å². The number of nitrogens with one attached hydrogen (secondary N) is 1. The van der Waals surface area contributed by atoms with Crippen LogP contribution in [-0.2, 0) is 0 Å². The van der Waals surface area contributed by atoms with Gasteiger partial charge in [-0.3, -0.25) is 4.79 Å². The first kappa shape index (κ1) is 14.5. The van der Waals surface area contributed by atoms with Gasteiger partial charge in [-0.2, -0.15) is 5.26 Å². The van der Waals surface area contributed by atoms with Gasteiger partial charge in [-0.25, -0.2) is 8.78 Å². The fourth-order valence-electron chi connectivity index (χ4n) is 1.78. The Hall–Kier alpha value is -2.94. The Morgan fingerprint density at radius 2 is 2.05 bits per heavy atom. The second kappa shape index (κ2) is 6.01. The van der Waals surface area contributed by atoms with E-state index in [1.165, 1.54) is 13.2 Å². The number of carbonyl (C=O) groups excluding carboxylic acids is 1. The lowest BCUT2D eigenvalue weighted by atomic mass is 10.1. The first-order chi connectivity index (χ1) is 10.1. The number of ether oxygens (including phenoxy) is 1. The molecule has 0 bridgehead atoms. The molecule has 0 aliphatic rings. The summed E-state index contributed by atoms with van der Waals surface area (Å²) in [5.41, 5.74) is -0.0207. The van der Waals surface area contributed by atoms with Crippen LogP contribution >= 0.6 is 0 Å². The second-order valence-electron chi connectivity index (χ2n) is 4.07. The average molecular weight is 288 g/mol. The van der Waals surface area contributed by atoms with Crippen LogP contribution < -0.4 is 10.1 Å². The fourth-order valence-corrected chi connectivity index (χ4v) is 1.78. The van der Waals surface area contributed by atoms with Gasteiger partial charge in [-0.1, -0.05) is 6.07 Å². The molecule has 2 rings (SSSR count). The molecule has 0 spiro atoms. The molecule has 106 valence electrons. The van der Waals surface area contributed by atoms with E-state index in [1.807, 2.05) is 6.07 Å². The summed E-state index contributed by atoms with van der Waals surface area (Å²) in [5, 5.41) is 11.4. The van der Waals surface area contributed by atoms with E-state index in [4.69, 9.17) is 10.00 Å². The van der Waals surface area contributed by atoms with Crippen molar-refractivity contribution in [3.05, 3.63) is 59.2 Å². The van der Waals surface area contributed by atoms with E-state index in [1.54, 1.807) is 12.1 Å². The normalized spacial score (nSPS) is 9.81. The Bertz CT molecular complexity index is 739. The van der Waals surface area contributed by atoms with Crippen LogP contribution in [0.5, 0.6) is 5.75 Å². The Morgan fingerprint density at radius 3 is 2.67 bits per heavy atom. The van der Waals surface area contributed by atoms with Crippen molar-refractivity contribution in [3.63, 3.8) is 0 Å². The van der Waals surface area contributed by atoms with Gasteiger partial charge >= 0.3 is 0 Å². The SMILES string of the molecule is COc1cccc(C#N)c1NC(=O)c1ccc(F)cc1F. The molecule has 1 amide bonds. The van der Waals surface area contributed by atoms with E-state index in [-0.39, 0.29) is 22.6 Å². The summed E-state index contributed by atoms with van der Waals surface area (Å²) in [6.07, 6.45) is 0. The van der Waals surface area contributed by atoms with E-state index in [0.29, 0.717) is 6.07 Å². The minimum Gasteiger partial charge on any atom is -0.495 e. The summed E-state index contributed by atoms with van der Waals surface area (Å²) in [6, 6.07) is 9.15. The second-order valence-corrected chi connectivity index (χ2v) is 4.07. The Morgan fingerprint density at radius 1 is 1.29 bits per heavy atom. The van der Waals surface area contributed by atoms with Crippen LogP contribution in [0.2, 0.25) is 0 Å². The van der Waals surface area contributed by atoms with Crippen molar-refractivity contribution in [2.24, 2.45) is 0 Å². The van der Waals surface area contributed by atoms with Crippen LogP contribution in [0.3, 0.4) is 0 Å². The Kier molecular flexibility index (Phi) is 4.14. The number of carbonyl (C=O) groups is 1. The van der Waals surface area contributed by atoms with E-state index >= 15 is 0 Å². The lowest BCUT2D eigenvalue weighted by Crippen LogP contribution is -2.15. The molecule has 21 heavy (non-hydrogen) atoms. The monoisotopic (exact) mass is 288 g/mol. The number of amides is 1. The third-order valence-electron chi connectivity index (χ3n) is 2.78. The van der Waals surface area contributed by atoms with Crippen LogP contribution in [0.4, 0.5) is 14.5 Å². The summed E-state index contributed by atoms with van der Waals surface area (Å²) in [5.74, 6) is -2.29. The van der Waals surface area contributed by atoms with E-state index < -0.39 is 17.5 Å². The average Bonchev–Trinajstić information content (AvgIpc) is 2.47. The number of benzene rings is 2. The lowest BCUT2D eigenvalue weighted by Gasteiger charge is -2.12. The topological polar surface area (TPSA) is 62.1 Å². The molecule has 1 N–H and O–H groups in total. The number of hydrogen-bond acceptors (Lipinski definition) is 3. The molecule has 4 nitrogen and oxygen atoms in total. The number of hydrogen-bond donors (Lipinski definition) is 1.